The SMILES string of the molecule is CC(C)CN(CCC(=O)O)C(=O)c1cnn(-c2ccccc2)c1. The van der Waals surface area contributed by atoms with Crippen molar-refractivity contribution in [1.82, 2.24) is 14.7 Å². The van der Waals surface area contributed by atoms with Gasteiger partial charge in [0.15, 0.2) is 0 Å². The number of aliphatic carboxylic acids is 1. The number of hydrogen-bond acceptors (Lipinski definition) is 3. The summed E-state index contributed by atoms with van der Waals surface area (Å²) in [6, 6.07) is 9.51. The Morgan fingerprint density at radius 1 is 1.26 bits per heavy atom. The van der Waals surface area contributed by atoms with Gasteiger partial charge in [0, 0.05) is 19.3 Å². The molecule has 0 fully saturated rings. The maximum atomic E-state index is 12.6. The number of hydrogen-bond donors (Lipinski definition) is 1. The Morgan fingerprint density at radius 2 is 1.96 bits per heavy atom. The van der Waals surface area contributed by atoms with Crippen molar-refractivity contribution in [2.45, 2.75) is 20.3 Å². The normalized spacial score (nSPS) is 10.7. The Kier molecular flexibility index (Phi) is 5.51. The number of rotatable bonds is 7. The molecule has 1 amide bonds. The summed E-state index contributed by atoms with van der Waals surface area (Å²) < 4.78 is 1.64. The van der Waals surface area contributed by atoms with E-state index < -0.39 is 5.97 Å². The van der Waals surface area contributed by atoms with Gasteiger partial charge in [-0.05, 0) is 18.1 Å². The lowest BCUT2D eigenvalue weighted by atomic mass is 10.2. The minimum absolute atomic E-state index is 0.0642. The summed E-state index contributed by atoms with van der Waals surface area (Å²) in [5.41, 5.74) is 1.33. The van der Waals surface area contributed by atoms with Gasteiger partial charge in [0.25, 0.3) is 5.91 Å². The summed E-state index contributed by atoms with van der Waals surface area (Å²) in [7, 11) is 0. The number of carbonyl (C=O) groups is 2. The van der Waals surface area contributed by atoms with Crippen LogP contribution in [0.5, 0.6) is 0 Å². The van der Waals surface area contributed by atoms with Gasteiger partial charge in [-0.1, -0.05) is 32.0 Å². The number of aromatic nitrogens is 2. The summed E-state index contributed by atoms with van der Waals surface area (Å²) in [6.07, 6.45) is 3.13. The van der Waals surface area contributed by atoms with Gasteiger partial charge in [-0.25, -0.2) is 4.68 Å². The molecule has 0 aliphatic heterocycles. The molecule has 1 aromatic heterocycles. The van der Waals surface area contributed by atoms with Gasteiger partial charge in [-0.2, -0.15) is 5.10 Å². The summed E-state index contributed by atoms with van der Waals surface area (Å²) >= 11 is 0. The smallest absolute Gasteiger partial charge is 0.305 e. The van der Waals surface area contributed by atoms with E-state index in [9.17, 15) is 9.59 Å². The molecule has 0 aliphatic rings. The molecule has 0 saturated carbocycles. The van der Waals surface area contributed by atoms with E-state index in [1.54, 1.807) is 15.8 Å². The highest BCUT2D eigenvalue weighted by Crippen LogP contribution is 2.11. The zero-order valence-electron chi connectivity index (χ0n) is 13.3. The van der Waals surface area contributed by atoms with E-state index in [0.29, 0.717) is 12.1 Å². The Balaban J connectivity index is 2.16. The van der Waals surface area contributed by atoms with Gasteiger partial charge < -0.3 is 10.0 Å². The van der Waals surface area contributed by atoms with Gasteiger partial charge in [0.2, 0.25) is 0 Å². The molecule has 0 radical (unpaired) electrons. The zero-order chi connectivity index (χ0) is 16.8. The van der Waals surface area contributed by atoms with Crippen LogP contribution >= 0.6 is 0 Å². The largest absolute Gasteiger partial charge is 0.481 e. The van der Waals surface area contributed by atoms with Crippen molar-refractivity contribution < 1.29 is 14.7 Å². The van der Waals surface area contributed by atoms with Crippen LogP contribution in [0.1, 0.15) is 30.6 Å². The molecule has 0 spiro atoms. The lowest BCUT2D eigenvalue weighted by molar-refractivity contribution is -0.137. The van der Waals surface area contributed by atoms with Crippen LogP contribution in [-0.2, 0) is 4.79 Å². The molecule has 1 heterocycles. The second-order valence-corrected chi connectivity index (χ2v) is 5.80. The van der Waals surface area contributed by atoms with Crippen LogP contribution in [0.4, 0.5) is 0 Å². The second kappa shape index (κ2) is 7.58. The Bertz CT molecular complexity index is 665. The molecule has 0 unspecified atom stereocenters. The monoisotopic (exact) mass is 315 g/mol. The molecule has 2 aromatic rings. The number of benzene rings is 1. The van der Waals surface area contributed by atoms with Gasteiger partial charge >= 0.3 is 5.97 Å². The van der Waals surface area contributed by atoms with Crippen molar-refractivity contribution in [2.75, 3.05) is 13.1 Å². The van der Waals surface area contributed by atoms with Crippen LogP contribution in [0.25, 0.3) is 5.69 Å². The molecule has 6 heteroatoms. The van der Waals surface area contributed by atoms with Crippen LogP contribution < -0.4 is 0 Å². The molecule has 2 rings (SSSR count). The van der Waals surface area contributed by atoms with Crippen molar-refractivity contribution in [2.24, 2.45) is 5.92 Å². The standard InChI is InChI=1S/C17H21N3O3/c1-13(2)11-19(9-8-16(21)22)17(23)14-10-18-20(12-14)15-6-4-3-5-7-15/h3-7,10,12-13H,8-9,11H2,1-2H3,(H,21,22). The Morgan fingerprint density at radius 3 is 2.57 bits per heavy atom. The molecule has 0 saturated heterocycles. The summed E-state index contributed by atoms with van der Waals surface area (Å²) in [5.74, 6) is -0.842. The fourth-order valence-corrected chi connectivity index (χ4v) is 2.28. The van der Waals surface area contributed by atoms with Gasteiger partial charge in [-0.3, -0.25) is 9.59 Å². The minimum atomic E-state index is -0.911. The highest BCUT2D eigenvalue weighted by molar-refractivity contribution is 5.94. The lowest BCUT2D eigenvalue weighted by Gasteiger charge is -2.23. The molecule has 6 nitrogen and oxygen atoms in total. The van der Waals surface area contributed by atoms with Crippen LogP contribution in [-0.4, -0.2) is 44.8 Å². The predicted octanol–water partition coefficient (Wildman–Crippen LogP) is 2.45. The van der Waals surface area contributed by atoms with E-state index in [4.69, 9.17) is 5.11 Å². The lowest BCUT2D eigenvalue weighted by Crippen LogP contribution is -2.35. The topological polar surface area (TPSA) is 75.4 Å². The summed E-state index contributed by atoms with van der Waals surface area (Å²) in [5, 5.41) is 13.1. The highest BCUT2D eigenvalue weighted by Gasteiger charge is 2.19. The number of carbonyl (C=O) groups excluding carboxylic acids is 1. The molecular formula is C17H21N3O3. The van der Waals surface area contributed by atoms with Crippen LogP contribution in [0, 0.1) is 5.92 Å². The third-order valence-electron chi connectivity index (χ3n) is 3.32. The van der Waals surface area contributed by atoms with Crippen molar-refractivity contribution >= 4 is 11.9 Å². The minimum Gasteiger partial charge on any atom is -0.481 e. The van der Waals surface area contributed by atoms with Gasteiger partial charge in [0.05, 0.1) is 23.9 Å². The molecule has 0 atom stereocenters. The van der Waals surface area contributed by atoms with Crippen LogP contribution in [0.2, 0.25) is 0 Å². The molecular weight excluding hydrogens is 294 g/mol. The zero-order valence-corrected chi connectivity index (χ0v) is 13.3. The van der Waals surface area contributed by atoms with Gasteiger partial charge in [-0.15, -0.1) is 0 Å². The molecule has 0 aliphatic carbocycles. The van der Waals surface area contributed by atoms with Gasteiger partial charge in [0.1, 0.15) is 0 Å². The van der Waals surface area contributed by atoms with E-state index >= 15 is 0 Å². The number of carboxylic acids is 1. The predicted molar refractivity (Wildman–Crippen MR) is 86.6 cm³/mol. The first-order chi connectivity index (χ1) is 11.0. The maximum absolute atomic E-state index is 12.6. The number of amides is 1. The van der Waals surface area contributed by atoms with Crippen molar-refractivity contribution in [3.05, 3.63) is 48.3 Å². The number of nitrogens with zero attached hydrogens (tertiary/aromatic N) is 3. The van der Waals surface area contributed by atoms with E-state index in [-0.39, 0.29) is 24.8 Å². The second-order valence-electron chi connectivity index (χ2n) is 5.80. The van der Waals surface area contributed by atoms with Crippen molar-refractivity contribution in [3.63, 3.8) is 0 Å². The fraction of sp³-hybridized carbons (Fsp3) is 0.353. The maximum Gasteiger partial charge on any atom is 0.305 e. The van der Waals surface area contributed by atoms with E-state index in [2.05, 4.69) is 5.10 Å². The number of para-hydroxylation sites is 1. The first kappa shape index (κ1) is 16.7. The quantitative estimate of drug-likeness (QED) is 0.851. The van der Waals surface area contributed by atoms with Crippen molar-refractivity contribution in [1.29, 1.82) is 0 Å². The fourth-order valence-electron chi connectivity index (χ4n) is 2.28. The third-order valence-corrected chi connectivity index (χ3v) is 3.32. The molecule has 1 aromatic carbocycles. The summed E-state index contributed by atoms with van der Waals surface area (Å²) in [6.45, 7) is 4.70. The molecule has 23 heavy (non-hydrogen) atoms. The first-order valence-corrected chi connectivity index (χ1v) is 7.58. The Labute approximate surface area is 135 Å². The van der Waals surface area contributed by atoms with Crippen LogP contribution in [0.15, 0.2) is 42.7 Å². The van der Waals surface area contributed by atoms with E-state index in [1.165, 1.54) is 6.20 Å². The average molecular weight is 315 g/mol. The van der Waals surface area contributed by atoms with E-state index in [0.717, 1.165) is 5.69 Å². The van der Waals surface area contributed by atoms with E-state index in [1.807, 2.05) is 44.2 Å². The molecule has 1 N–H and O–H groups in total. The summed E-state index contributed by atoms with van der Waals surface area (Å²) in [4.78, 5) is 25.0. The van der Waals surface area contributed by atoms with Crippen molar-refractivity contribution in [3.8, 4) is 5.69 Å². The number of carboxylic acid groups (broad SMARTS) is 1. The van der Waals surface area contributed by atoms with Crippen LogP contribution in [0.3, 0.4) is 0 Å². The third kappa shape index (κ3) is 4.67. The highest BCUT2D eigenvalue weighted by atomic mass is 16.4. The average Bonchev–Trinajstić information content (AvgIpc) is 3.01. The first-order valence-electron chi connectivity index (χ1n) is 7.58. The Hall–Kier alpha value is -2.63. The molecule has 0 bridgehead atoms. The molecule has 122 valence electrons.